The van der Waals surface area contributed by atoms with Gasteiger partial charge in [0.2, 0.25) is 0 Å². The highest BCUT2D eigenvalue weighted by Gasteiger charge is 2.21. The summed E-state index contributed by atoms with van der Waals surface area (Å²) in [4.78, 5) is 4.44. The van der Waals surface area contributed by atoms with Gasteiger partial charge < -0.3 is 20.5 Å². The number of nitrogens with one attached hydrogen (secondary N) is 1. The lowest BCUT2D eigenvalue weighted by atomic mass is 10.0. The van der Waals surface area contributed by atoms with E-state index in [-0.39, 0.29) is 12.1 Å². The van der Waals surface area contributed by atoms with Crippen LogP contribution in [0, 0.1) is 0 Å². The van der Waals surface area contributed by atoms with Gasteiger partial charge in [-0.2, -0.15) is 0 Å². The lowest BCUT2D eigenvalue weighted by molar-refractivity contribution is 0.111. The van der Waals surface area contributed by atoms with Crippen LogP contribution >= 0.6 is 11.6 Å². The van der Waals surface area contributed by atoms with Crippen LogP contribution in [0.5, 0.6) is 5.75 Å². The maximum atomic E-state index is 6.09. The Kier molecular flexibility index (Phi) is 5.79. The van der Waals surface area contributed by atoms with E-state index in [0.29, 0.717) is 24.1 Å². The first-order chi connectivity index (χ1) is 12.2. The molecule has 1 aliphatic heterocycles. The number of aliphatic imine (C=N–C) groups is 1. The van der Waals surface area contributed by atoms with E-state index in [1.54, 1.807) is 7.11 Å². The number of nitrogens with two attached hydrogens (primary N) is 1. The Labute approximate surface area is 152 Å². The molecule has 0 saturated carbocycles. The van der Waals surface area contributed by atoms with Crippen LogP contribution in [0.25, 0.3) is 0 Å². The van der Waals surface area contributed by atoms with E-state index in [4.69, 9.17) is 26.8 Å². The Morgan fingerprint density at radius 1 is 1.36 bits per heavy atom. The maximum Gasteiger partial charge on any atom is 0.189 e. The van der Waals surface area contributed by atoms with Crippen molar-refractivity contribution in [1.29, 1.82) is 0 Å². The van der Waals surface area contributed by atoms with Crippen molar-refractivity contribution < 1.29 is 9.47 Å². The number of hydrogen-bond acceptors (Lipinski definition) is 3. The molecular formula is C19H22ClN3O2. The summed E-state index contributed by atoms with van der Waals surface area (Å²) >= 11 is 6.05. The molecule has 0 aliphatic carbocycles. The third kappa shape index (κ3) is 4.44. The second kappa shape index (κ2) is 8.23. The summed E-state index contributed by atoms with van der Waals surface area (Å²) in [5, 5.41) is 3.96. The van der Waals surface area contributed by atoms with Crippen LogP contribution in [-0.2, 0) is 4.74 Å². The SMILES string of the molecule is COC(CN=C(N)NC1CCOc2ccccc21)c1cccc(Cl)c1. The van der Waals surface area contributed by atoms with Gasteiger partial charge >= 0.3 is 0 Å². The van der Waals surface area contributed by atoms with E-state index in [2.05, 4.69) is 10.3 Å². The number of guanidine groups is 1. The Bertz CT molecular complexity index is 751. The number of halogens is 1. The van der Waals surface area contributed by atoms with E-state index in [0.717, 1.165) is 23.3 Å². The fourth-order valence-electron chi connectivity index (χ4n) is 2.92. The molecule has 2 aromatic rings. The van der Waals surface area contributed by atoms with Gasteiger partial charge in [-0.05, 0) is 23.8 Å². The normalized spacial score (nSPS) is 18.2. The van der Waals surface area contributed by atoms with Crippen LogP contribution in [0.2, 0.25) is 5.02 Å². The van der Waals surface area contributed by atoms with Crippen molar-refractivity contribution in [3.05, 3.63) is 64.7 Å². The lowest BCUT2D eigenvalue weighted by Gasteiger charge is -2.27. The lowest BCUT2D eigenvalue weighted by Crippen LogP contribution is -2.37. The zero-order chi connectivity index (χ0) is 17.6. The highest BCUT2D eigenvalue weighted by molar-refractivity contribution is 6.30. The Morgan fingerprint density at radius 3 is 3.00 bits per heavy atom. The molecule has 1 aliphatic rings. The van der Waals surface area contributed by atoms with Crippen molar-refractivity contribution in [2.24, 2.45) is 10.7 Å². The van der Waals surface area contributed by atoms with E-state index >= 15 is 0 Å². The molecule has 25 heavy (non-hydrogen) atoms. The van der Waals surface area contributed by atoms with Crippen LogP contribution in [0.1, 0.15) is 29.7 Å². The summed E-state index contributed by atoms with van der Waals surface area (Å²) in [6, 6.07) is 15.6. The summed E-state index contributed by atoms with van der Waals surface area (Å²) < 4.78 is 11.2. The van der Waals surface area contributed by atoms with Crippen LogP contribution in [0.4, 0.5) is 0 Å². The fraction of sp³-hybridized carbons (Fsp3) is 0.316. The molecule has 2 atom stereocenters. The predicted molar refractivity (Wildman–Crippen MR) is 100 cm³/mol. The van der Waals surface area contributed by atoms with Crippen molar-refractivity contribution in [2.45, 2.75) is 18.6 Å². The van der Waals surface area contributed by atoms with Crippen molar-refractivity contribution in [2.75, 3.05) is 20.3 Å². The largest absolute Gasteiger partial charge is 0.493 e. The zero-order valence-electron chi connectivity index (χ0n) is 14.1. The number of rotatable bonds is 5. The maximum absolute atomic E-state index is 6.09. The Balaban J connectivity index is 1.66. The van der Waals surface area contributed by atoms with Gasteiger partial charge in [0.1, 0.15) is 11.9 Å². The van der Waals surface area contributed by atoms with Crippen LogP contribution in [0.3, 0.4) is 0 Å². The minimum Gasteiger partial charge on any atom is -0.493 e. The quantitative estimate of drug-likeness (QED) is 0.633. The summed E-state index contributed by atoms with van der Waals surface area (Å²) in [5.41, 5.74) is 8.17. The average Bonchev–Trinajstić information content (AvgIpc) is 2.63. The Morgan fingerprint density at radius 2 is 2.20 bits per heavy atom. The number of methoxy groups -OCH3 is 1. The third-order valence-corrected chi connectivity index (χ3v) is 4.45. The summed E-state index contributed by atoms with van der Waals surface area (Å²) in [5.74, 6) is 1.29. The summed E-state index contributed by atoms with van der Waals surface area (Å²) in [6.07, 6.45) is 0.649. The average molecular weight is 360 g/mol. The smallest absolute Gasteiger partial charge is 0.189 e. The fourth-order valence-corrected chi connectivity index (χ4v) is 3.12. The predicted octanol–water partition coefficient (Wildman–Crippen LogP) is 3.46. The highest BCUT2D eigenvalue weighted by Crippen LogP contribution is 2.31. The molecule has 1 heterocycles. The van der Waals surface area contributed by atoms with Crippen molar-refractivity contribution in [3.8, 4) is 5.75 Å². The molecule has 5 nitrogen and oxygen atoms in total. The molecule has 3 N–H and O–H groups in total. The van der Waals surface area contributed by atoms with E-state index < -0.39 is 0 Å². The minimum atomic E-state index is -0.193. The number of para-hydroxylation sites is 1. The molecule has 0 fully saturated rings. The van der Waals surface area contributed by atoms with Gasteiger partial charge in [0.15, 0.2) is 5.96 Å². The number of hydrogen-bond donors (Lipinski definition) is 2. The molecule has 0 spiro atoms. The standard InChI is InChI=1S/C19H22ClN3O2/c1-24-18(13-5-4-6-14(20)11-13)12-22-19(21)23-16-9-10-25-17-8-3-2-7-15(16)17/h2-8,11,16,18H,9-10,12H2,1H3,(H3,21,22,23). The topological polar surface area (TPSA) is 68.9 Å². The second-order valence-corrected chi connectivity index (χ2v) is 6.31. The summed E-state index contributed by atoms with van der Waals surface area (Å²) in [7, 11) is 1.65. The van der Waals surface area contributed by atoms with Gasteiger partial charge in [0.05, 0.1) is 19.2 Å². The molecule has 0 radical (unpaired) electrons. The van der Waals surface area contributed by atoms with Crippen LogP contribution in [-0.4, -0.2) is 26.2 Å². The van der Waals surface area contributed by atoms with Gasteiger partial charge in [-0.15, -0.1) is 0 Å². The highest BCUT2D eigenvalue weighted by atomic mass is 35.5. The molecule has 0 saturated heterocycles. The van der Waals surface area contributed by atoms with Crippen molar-refractivity contribution in [3.63, 3.8) is 0 Å². The number of ether oxygens (including phenoxy) is 2. The van der Waals surface area contributed by atoms with E-state index in [1.165, 1.54) is 0 Å². The Hall–Kier alpha value is -2.24. The molecule has 0 bridgehead atoms. The first-order valence-corrected chi connectivity index (χ1v) is 8.61. The van der Waals surface area contributed by atoms with Crippen LogP contribution in [0.15, 0.2) is 53.5 Å². The zero-order valence-corrected chi connectivity index (χ0v) is 14.9. The van der Waals surface area contributed by atoms with Gasteiger partial charge in [-0.25, -0.2) is 0 Å². The number of fused-ring (bicyclic) bond motifs is 1. The van der Waals surface area contributed by atoms with Gasteiger partial charge in [0, 0.05) is 24.1 Å². The van der Waals surface area contributed by atoms with Gasteiger partial charge in [0.25, 0.3) is 0 Å². The van der Waals surface area contributed by atoms with E-state index in [1.807, 2.05) is 48.5 Å². The summed E-state index contributed by atoms with van der Waals surface area (Å²) in [6.45, 7) is 1.08. The van der Waals surface area contributed by atoms with E-state index in [9.17, 15) is 0 Å². The van der Waals surface area contributed by atoms with Gasteiger partial charge in [-0.1, -0.05) is 41.9 Å². The molecule has 0 aromatic heterocycles. The third-order valence-electron chi connectivity index (χ3n) is 4.21. The first kappa shape index (κ1) is 17.6. The molecule has 0 amide bonds. The van der Waals surface area contributed by atoms with Crippen molar-refractivity contribution >= 4 is 17.6 Å². The number of nitrogens with zero attached hydrogens (tertiary/aromatic N) is 1. The molecule has 132 valence electrons. The first-order valence-electron chi connectivity index (χ1n) is 8.24. The molecule has 2 unspecified atom stereocenters. The van der Waals surface area contributed by atoms with Crippen molar-refractivity contribution in [1.82, 2.24) is 5.32 Å². The number of benzene rings is 2. The molecule has 6 heteroatoms. The van der Waals surface area contributed by atoms with Gasteiger partial charge in [-0.3, -0.25) is 4.99 Å². The van der Waals surface area contributed by atoms with Crippen LogP contribution < -0.4 is 15.8 Å². The molecule has 2 aromatic carbocycles. The second-order valence-electron chi connectivity index (χ2n) is 5.88. The molecule has 3 rings (SSSR count). The monoisotopic (exact) mass is 359 g/mol. The minimum absolute atomic E-state index is 0.0980. The molecular weight excluding hydrogens is 338 g/mol.